The second-order valence-electron chi connectivity index (χ2n) is 8.11. The molecule has 0 aromatic carbocycles. The molecule has 0 spiro atoms. The molecule has 0 amide bonds. The van der Waals surface area contributed by atoms with E-state index in [0.717, 1.165) is 21.5 Å². The van der Waals surface area contributed by atoms with Crippen LogP contribution in [-0.2, 0) is 43.1 Å². The van der Waals surface area contributed by atoms with Crippen LogP contribution in [0, 0.1) is 20.2 Å². The summed E-state index contributed by atoms with van der Waals surface area (Å²) in [5.74, 6) is -0.587. The molecule has 0 aliphatic carbocycles. The fraction of sp³-hybridized carbons (Fsp3) is 0.444. The number of nitrogens with zero attached hydrogens (tertiary/aromatic N) is 7. The van der Waals surface area contributed by atoms with E-state index in [1.54, 1.807) is 0 Å². The summed E-state index contributed by atoms with van der Waals surface area (Å²) in [4.78, 5) is 43.6. The second-order valence-corrected chi connectivity index (χ2v) is 10.9. The molecular formula is C18H21N8O12PS. The molecule has 216 valence electrons. The van der Waals surface area contributed by atoms with Crippen LogP contribution in [-0.4, -0.2) is 69.1 Å². The molecule has 0 bridgehead atoms. The van der Waals surface area contributed by atoms with Crippen LogP contribution in [0.25, 0.3) is 0 Å². The van der Waals surface area contributed by atoms with Crippen molar-refractivity contribution in [2.45, 2.75) is 37.8 Å². The average molecular weight is 604 g/mol. The first kappa shape index (κ1) is 29.3. The van der Waals surface area contributed by atoms with Crippen LogP contribution in [0.1, 0.15) is 16.8 Å². The summed E-state index contributed by atoms with van der Waals surface area (Å²) in [7, 11) is -3.25. The predicted octanol–water partition coefficient (Wildman–Crippen LogP) is 0.00940. The van der Waals surface area contributed by atoms with Gasteiger partial charge in [0.05, 0.1) is 25.1 Å². The van der Waals surface area contributed by atoms with Crippen LogP contribution >= 0.6 is 19.2 Å². The topological polar surface area (TPSA) is 272 Å². The van der Waals surface area contributed by atoms with E-state index in [4.69, 9.17) is 24.0 Å². The lowest BCUT2D eigenvalue weighted by Crippen LogP contribution is -2.36. The van der Waals surface area contributed by atoms with Crippen molar-refractivity contribution in [3.63, 3.8) is 0 Å². The minimum Gasteiger partial charge on any atom is -0.390 e. The largest absolute Gasteiger partial charge is 0.475 e. The molecule has 5 atom stereocenters. The minimum absolute atomic E-state index is 0.0746. The Bertz CT molecular complexity index is 1510. The van der Waals surface area contributed by atoms with E-state index in [-0.39, 0.29) is 16.4 Å². The number of nitrogens with two attached hydrogens (primary N) is 1. The van der Waals surface area contributed by atoms with E-state index in [1.807, 2.05) is 0 Å². The summed E-state index contributed by atoms with van der Waals surface area (Å²) in [5.41, 5.74) is 4.72. The Kier molecular flexibility index (Phi) is 8.65. The number of thiazole rings is 1. The number of phosphoric acid groups is 1. The van der Waals surface area contributed by atoms with E-state index >= 15 is 0 Å². The van der Waals surface area contributed by atoms with Crippen molar-refractivity contribution < 1.29 is 42.9 Å². The zero-order valence-electron chi connectivity index (χ0n) is 20.3. The van der Waals surface area contributed by atoms with Gasteiger partial charge < -0.3 is 40.9 Å². The molecule has 3 aromatic rings. The van der Waals surface area contributed by atoms with Crippen molar-refractivity contribution in [1.29, 1.82) is 0 Å². The maximum atomic E-state index is 13.5. The Morgan fingerprint density at radius 3 is 2.50 bits per heavy atom. The van der Waals surface area contributed by atoms with E-state index in [1.165, 1.54) is 19.3 Å². The molecule has 1 saturated heterocycles. The third-order valence-electron chi connectivity index (χ3n) is 5.52. The van der Waals surface area contributed by atoms with Gasteiger partial charge in [0, 0.05) is 6.20 Å². The Morgan fingerprint density at radius 2 is 1.88 bits per heavy atom. The number of aliphatic hydroxyl groups is 2. The van der Waals surface area contributed by atoms with Crippen LogP contribution < -0.4 is 11.4 Å². The van der Waals surface area contributed by atoms with Gasteiger partial charge >= 0.3 is 24.6 Å². The SMILES string of the molecule is Cn1c(COP(=O)(OCc2cnc([N+](=O)[O-])s2)OC[C@H]2O[C@@H](n3ccc(N)nc3=O)[C@@H](O)[C@@H]2O)cnc1[N+](=O)[O-]. The van der Waals surface area contributed by atoms with Gasteiger partial charge in [-0.25, -0.2) is 13.9 Å². The molecule has 0 radical (unpaired) electrons. The maximum Gasteiger partial charge on any atom is 0.475 e. The van der Waals surface area contributed by atoms with Gasteiger partial charge in [0.1, 0.15) is 42.6 Å². The smallest absolute Gasteiger partial charge is 0.390 e. The van der Waals surface area contributed by atoms with E-state index < -0.39 is 78.8 Å². The highest BCUT2D eigenvalue weighted by Crippen LogP contribution is 2.52. The maximum absolute atomic E-state index is 13.5. The molecule has 1 aliphatic heterocycles. The summed E-state index contributed by atoms with van der Waals surface area (Å²) in [6.45, 7) is -1.72. The first-order valence-corrected chi connectivity index (χ1v) is 13.3. The number of nitrogen functional groups attached to an aromatic ring is 1. The summed E-state index contributed by atoms with van der Waals surface area (Å²) < 4.78 is 37.0. The number of nitro groups is 2. The molecule has 4 rings (SSSR count). The molecule has 3 aromatic heterocycles. The number of imidazole rings is 1. The molecule has 1 fully saturated rings. The summed E-state index contributed by atoms with van der Waals surface area (Å²) in [6.07, 6.45) is -2.53. The fourth-order valence-corrected chi connectivity index (χ4v) is 5.33. The fourth-order valence-electron chi connectivity index (χ4n) is 3.47. The normalized spacial score (nSPS) is 22.3. The number of phosphoric ester groups is 1. The Labute approximate surface area is 226 Å². The van der Waals surface area contributed by atoms with Crippen LogP contribution in [0.3, 0.4) is 0 Å². The first-order chi connectivity index (χ1) is 18.9. The number of hydrogen-bond donors (Lipinski definition) is 3. The zero-order valence-corrected chi connectivity index (χ0v) is 22.0. The first-order valence-electron chi connectivity index (χ1n) is 11.0. The van der Waals surface area contributed by atoms with Crippen molar-refractivity contribution in [2.24, 2.45) is 7.05 Å². The highest BCUT2D eigenvalue weighted by atomic mass is 32.1. The molecule has 4 N–H and O–H groups in total. The quantitative estimate of drug-likeness (QED) is 0.139. The Balaban J connectivity index is 1.49. The van der Waals surface area contributed by atoms with Gasteiger partial charge in [-0.15, -0.1) is 0 Å². The molecular weight excluding hydrogens is 583 g/mol. The number of hydrogen-bond acceptors (Lipinski definition) is 17. The number of rotatable bonds is 12. The average Bonchev–Trinajstić information content (AvgIpc) is 3.60. The van der Waals surface area contributed by atoms with Crippen molar-refractivity contribution in [2.75, 3.05) is 12.3 Å². The van der Waals surface area contributed by atoms with Gasteiger partial charge in [-0.1, -0.05) is 4.98 Å². The van der Waals surface area contributed by atoms with Crippen LogP contribution in [0.4, 0.5) is 16.9 Å². The van der Waals surface area contributed by atoms with E-state index in [2.05, 4.69) is 15.0 Å². The molecule has 1 aliphatic rings. The van der Waals surface area contributed by atoms with Gasteiger partial charge in [-0.3, -0.25) is 18.1 Å². The molecule has 40 heavy (non-hydrogen) atoms. The zero-order chi connectivity index (χ0) is 29.2. The van der Waals surface area contributed by atoms with E-state index in [9.17, 15) is 39.8 Å². The van der Waals surface area contributed by atoms with Gasteiger partial charge in [0.2, 0.25) is 0 Å². The van der Waals surface area contributed by atoms with Gasteiger partial charge in [-0.05, 0) is 32.2 Å². The van der Waals surface area contributed by atoms with Crippen LogP contribution in [0.15, 0.2) is 29.5 Å². The minimum atomic E-state index is -4.58. The third-order valence-corrected chi connectivity index (χ3v) is 7.79. The van der Waals surface area contributed by atoms with Gasteiger partial charge in [0.25, 0.3) is 0 Å². The van der Waals surface area contributed by atoms with E-state index in [0.29, 0.717) is 11.3 Å². The lowest BCUT2D eigenvalue weighted by Gasteiger charge is -2.20. The van der Waals surface area contributed by atoms with Gasteiger partial charge in [-0.2, -0.15) is 4.98 Å². The van der Waals surface area contributed by atoms with Crippen molar-refractivity contribution in [3.05, 3.63) is 65.9 Å². The molecule has 0 saturated carbocycles. The number of ether oxygens (including phenoxy) is 1. The van der Waals surface area contributed by atoms with Crippen molar-refractivity contribution >= 4 is 36.1 Å². The molecule has 1 unspecified atom stereocenters. The third kappa shape index (κ3) is 6.37. The summed E-state index contributed by atoms with van der Waals surface area (Å²) in [5, 5.41) is 42.4. The number of aliphatic hydroxyl groups excluding tert-OH is 2. The molecule has 20 nitrogen and oxygen atoms in total. The number of aromatic nitrogens is 5. The monoisotopic (exact) mass is 604 g/mol. The predicted molar refractivity (Wildman–Crippen MR) is 131 cm³/mol. The van der Waals surface area contributed by atoms with Crippen molar-refractivity contribution in [3.8, 4) is 0 Å². The number of anilines is 1. The lowest BCUT2D eigenvalue weighted by molar-refractivity contribution is -0.396. The van der Waals surface area contributed by atoms with Crippen LogP contribution in [0.5, 0.6) is 0 Å². The molecule has 22 heteroatoms. The second kappa shape index (κ2) is 11.8. The Hall–Kier alpha value is -3.69. The standard InChI is InChI=1S/C18H21N8O12PS/c1-23-9(4-20-16(23)25(30)31)6-35-39(34,36-7-10-5-21-18(40-10)26(32)33)37-8-11-13(27)14(28)15(38-11)24-3-2-12(19)22-17(24)29/h2-5,11,13-15,27-28H,6-8H2,1H3,(H2,19,22,29)/t11-,13-,14+,15-,39?/m1/s1. The van der Waals surface area contributed by atoms with Crippen LogP contribution in [0.2, 0.25) is 0 Å². The summed E-state index contributed by atoms with van der Waals surface area (Å²) >= 11 is 0.648. The van der Waals surface area contributed by atoms with Gasteiger partial charge in [0.15, 0.2) is 12.4 Å². The van der Waals surface area contributed by atoms with Crippen molar-refractivity contribution in [1.82, 2.24) is 24.1 Å². The molecule has 4 heterocycles. The highest BCUT2D eigenvalue weighted by Gasteiger charge is 2.45. The Morgan fingerprint density at radius 1 is 1.15 bits per heavy atom. The lowest BCUT2D eigenvalue weighted by atomic mass is 10.1. The summed E-state index contributed by atoms with van der Waals surface area (Å²) in [6, 6.07) is 1.27. The highest BCUT2D eigenvalue weighted by molar-refractivity contribution is 7.48.